The fraction of sp³-hybridized carbons (Fsp3) is 0.571. The first-order chi connectivity index (χ1) is 8.15. The van der Waals surface area contributed by atoms with E-state index in [0.29, 0.717) is 5.92 Å². The van der Waals surface area contributed by atoms with Crippen LogP contribution in [-0.4, -0.2) is 12.3 Å². The van der Waals surface area contributed by atoms with Gasteiger partial charge in [0.15, 0.2) is 0 Å². The summed E-state index contributed by atoms with van der Waals surface area (Å²) >= 11 is 8.12. The smallest absolute Gasteiger partial charge is 0.0545 e. The Labute approximate surface area is 114 Å². The Morgan fingerprint density at radius 2 is 2.12 bits per heavy atom. The maximum Gasteiger partial charge on any atom is 0.0545 e. The van der Waals surface area contributed by atoms with E-state index in [-0.39, 0.29) is 0 Å². The summed E-state index contributed by atoms with van der Waals surface area (Å²) < 4.78 is 0. The van der Waals surface area contributed by atoms with Crippen LogP contribution in [-0.2, 0) is 6.54 Å². The van der Waals surface area contributed by atoms with Crippen molar-refractivity contribution in [2.75, 3.05) is 12.3 Å². The fourth-order valence-electron chi connectivity index (χ4n) is 1.55. The predicted molar refractivity (Wildman–Crippen MR) is 79.0 cm³/mol. The quantitative estimate of drug-likeness (QED) is 0.728. The molecule has 0 fully saturated rings. The lowest BCUT2D eigenvalue weighted by Crippen LogP contribution is -2.19. The van der Waals surface area contributed by atoms with E-state index in [1.54, 1.807) is 0 Å². The Morgan fingerprint density at radius 1 is 1.35 bits per heavy atom. The van der Waals surface area contributed by atoms with Crippen LogP contribution in [0.2, 0.25) is 5.02 Å². The summed E-state index contributed by atoms with van der Waals surface area (Å²) in [6.45, 7) is 8.59. The largest absolute Gasteiger partial charge is 0.312 e. The van der Waals surface area contributed by atoms with Gasteiger partial charge in [0.1, 0.15) is 0 Å². The van der Waals surface area contributed by atoms with Crippen molar-refractivity contribution in [2.45, 2.75) is 38.6 Å². The van der Waals surface area contributed by atoms with Gasteiger partial charge >= 0.3 is 0 Å². The highest BCUT2D eigenvalue weighted by molar-refractivity contribution is 7.99. The zero-order chi connectivity index (χ0) is 12.7. The summed E-state index contributed by atoms with van der Waals surface area (Å²) in [6.07, 6.45) is 1.18. The van der Waals surface area contributed by atoms with Crippen LogP contribution in [0.5, 0.6) is 0 Å². The van der Waals surface area contributed by atoms with Gasteiger partial charge in [-0.1, -0.05) is 44.5 Å². The highest BCUT2D eigenvalue weighted by atomic mass is 35.5. The van der Waals surface area contributed by atoms with Crippen molar-refractivity contribution in [3.05, 3.63) is 28.8 Å². The molecular weight excluding hydrogens is 250 g/mol. The summed E-state index contributed by atoms with van der Waals surface area (Å²) in [6, 6.07) is 6.17. The number of hydrogen-bond acceptors (Lipinski definition) is 2. The van der Waals surface area contributed by atoms with Gasteiger partial charge in [0.2, 0.25) is 0 Å². The van der Waals surface area contributed by atoms with Crippen molar-refractivity contribution in [3.8, 4) is 0 Å². The van der Waals surface area contributed by atoms with Crippen molar-refractivity contribution in [3.63, 3.8) is 0 Å². The van der Waals surface area contributed by atoms with Crippen LogP contribution in [0, 0.1) is 5.92 Å². The van der Waals surface area contributed by atoms with Crippen LogP contribution in [0.25, 0.3) is 0 Å². The molecule has 3 heteroatoms. The van der Waals surface area contributed by atoms with Gasteiger partial charge in [0, 0.05) is 11.4 Å². The van der Waals surface area contributed by atoms with E-state index in [4.69, 9.17) is 11.6 Å². The number of halogens is 1. The highest BCUT2D eigenvalue weighted by Gasteiger charge is 2.07. The molecule has 0 spiro atoms. The zero-order valence-electron chi connectivity index (χ0n) is 10.9. The molecular formula is C14H22ClNS. The van der Waals surface area contributed by atoms with Gasteiger partial charge in [-0.25, -0.2) is 0 Å². The molecule has 1 aromatic carbocycles. The minimum absolute atomic E-state index is 0.681. The third-order valence-corrected chi connectivity index (χ3v) is 4.18. The van der Waals surface area contributed by atoms with Crippen molar-refractivity contribution in [1.29, 1.82) is 0 Å². The molecule has 0 aliphatic rings. The lowest BCUT2D eigenvalue weighted by Gasteiger charge is -2.12. The van der Waals surface area contributed by atoms with Gasteiger partial charge in [-0.15, -0.1) is 11.8 Å². The second-order valence-electron chi connectivity index (χ2n) is 4.60. The van der Waals surface area contributed by atoms with Gasteiger partial charge < -0.3 is 5.32 Å². The van der Waals surface area contributed by atoms with Crippen LogP contribution in [0.3, 0.4) is 0 Å². The lowest BCUT2D eigenvalue weighted by atomic mass is 10.2. The van der Waals surface area contributed by atoms with E-state index in [1.165, 1.54) is 16.9 Å². The molecule has 0 aromatic heterocycles. The van der Waals surface area contributed by atoms with Crippen LogP contribution in [0.1, 0.15) is 32.8 Å². The van der Waals surface area contributed by atoms with Crippen LogP contribution < -0.4 is 5.32 Å². The molecule has 0 saturated heterocycles. The first-order valence-electron chi connectivity index (χ1n) is 6.26. The summed E-state index contributed by atoms with van der Waals surface area (Å²) in [5.74, 6) is 1.81. The molecule has 1 aromatic rings. The molecule has 96 valence electrons. The molecule has 0 saturated carbocycles. The molecule has 0 aliphatic heterocycles. The SMILES string of the molecule is CCCSc1c(Cl)cccc1CNCC(C)C. The number of hydrogen-bond donors (Lipinski definition) is 1. The average molecular weight is 272 g/mol. The third kappa shape index (κ3) is 5.33. The Kier molecular flexibility index (Phi) is 7.02. The molecule has 0 aliphatic carbocycles. The van der Waals surface area contributed by atoms with E-state index in [2.05, 4.69) is 32.2 Å². The van der Waals surface area contributed by atoms with Crippen molar-refractivity contribution < 1.29 is 0 Å². The number of rotatable bonds is 7. The normalized spacial score (nSPS) is 11.1. The summed E-state index contributed by atoms with van der Waals surface area (Å²) in [5, 5.41) is 4.35. The predicted octanol–water partition coefficient (Wildman–Crippen LogP) is 4.59. The lowest BCUT2D eigenvalue weighted by molar-refractivity contribution is 0.550. The summed E-state index contributed by atoms with van der Waals surface area (Å²) in [4.78, 5) is 1.24. The third-order valence-electron chi connectivity index (χ3n) is 2.37. The van der Waals surface area contributed by atoms with E-state index in [0.717, 1.165) is 23.9 Å². The van der Waals surface area contributed by atoms with E-state index >= 15 is 0 Å². The molecule has 0 amide bonds. The average Bonchev–Trinajstić information content (AvgIpc) is 2.28. The standard InChI is InChI=1S/C14H22ClNS/c1-4-8-17-14-12(6-5-7-13(14)15)10-16-9-11(2)3/h5-7,11,16H,4,8-10H2,1-3H3. The van der Waals surface area contributed by atoms with Gasteiger partial charge in [-0.2, -0.15) is 0 Å². The topological polar surface area (TPSA) is 12.0 Å². The summed E-state index contributed by atoms with van der Waals surface area (Å²) in [7, 11) is 0. The number of thioether (sulfide) groups is 1. The van der Waals surface area contributed by atoms with Crippen molar-refractivity contribution >= 4 is 23.4 Å². The maximum absolute atomic E-state index is 6.26. The van der Waals surface area contributed by atoms with Crippen LogP contribution in [0.4, 0.5) is 0 Å². The number of nitrogens with one attached hydrogen (secondary N) is 1. The summed E-state index contributed by atoms with van der Waals surface area (Å²) in [5.41, 5.74) is 1.32. The van der Waals surface area contributed by atoms with Crippen LogP contribution in [0.15, 0.2) is 23.1 Å². The first kappa shape index (κ1) is 14.9. The Bertz CT molecular complexity index is 339. The van der Waals surface area contributed by atoms with E-state index in [9.17, 15) is 0 Å². The Balaban J connectivity index is 2.65. The highest BCUT2D eigenvalue weighted by Crippen LogP contribution is 2.31. The van der Waals surface area contributed by atoms with Crippen molar-refractivity contribution in [1.82, 2.24) is 5.32 Å². The maximum atomic E-state index is 6.26. The zero-order valence-corrected chi connectivity index (χ0v) is 12.5. The first-order valence-corrected chi connectivity index (χ1v) is 7.62. The minimum atomic E-state index is 0.681. The Morgan fingerprint density at radius 3 is 2.76 bits per heavy atom. The Hall–Kier alpha value is -0.180. The second kappa shape index (κ2) is 8.02. The van der Waals surface area contributed by atoms with E-state index < -0.39 is 0 Å². The molecule has 0 heterocycles. The minimum Gasteiger partial charge on any atom is -0.312 e. The van der Waals surface area contributed by atoms with Gasteiger partial charge in [-0.05, 0) is 36.3 Å². The second-order valence-corrected chi connectivity index (χ2v) is 6.11. The van der Waals surface area contributed by atoms with Crippen molar-refractivity contribution in [2.24, 2.45) is 5.92 Å². The monoisotopic (exact) mass is 271 g/mol. The molecule has 17 heavy (non-hydrogen) atoms. The van der Waals surface area contributed by atoms with Crippen LogP contribution >= 0.6 is 23.4 Å². The van der Waals surface area contributed by atoms with E-state index in [1.807, 2.05) is 23.9 Å². The molecule has 1 N–H and O–H groups in total. The molecule has 1 nitrogen and oxygen atoms in total. The van der Waals surface area contributed by atoms with Gasteiger partial charge in [0.25, 0.3) is 0 Å². The molecule has 0 unspecified atom stereocenters. The number of benzene rings is 1. The van der Waals surface area contributed by atoms with Gasteiger partial charge in [0.05, 0.1) is 5.02 Å². The van der Waals surface area contributed by atoms with Gasteiger partial charge in [-0.3, -0.25) is 0 Å². The molecule has 0 radical (unpaired) electrons. The fourth-order valence-corrected chi connectivity index (χ4v) is 2.85. The molecule has 0 atom stereocenters. The molecule has 0 bridgehead atoms. The molecule has 1 rings (SSSR count).